The molecule has 0 atom stereocenters. The van der Waals surface area contributed by atoms with Crippen molar-refractivity contribution in [3.63, 3.8) is 0 Å². The second-order valence-electron chi connectivity index (χ2n) is 5.40. The molecular weight excluding hydrogens is 413 g/mol. The molecule has 0 aliphatic rings. The van der Waals surface area contributed by atoms with Gasteiger partial charge >= 0.3 is 0 Å². The molecule has 0 bridgehead atoms. The van der Waals surface area contributed by atoms with E-state index in [0.29, 0.717) is 12.5 Å². The van der Waals surface area contributed by atoms with Crippen LogP contribution in [-0.2, 0) is 12.8 Å². The molecule has 2 heterocycles. The highest BCUT2D eigenvalue weighted by Gasteiger charge is 2.00. The predicted octanol–water partition coefficient (Wildman–Crippen LogP) is 2.87. The second-order valence-corrected chi connectivity index (χ2v) is 5.40. The van der Waals surface area contributed by atoms with Crippen LogP contribution in [0.3, 0.4) is 0 Å². The highest BCUT2D eigenvalue weighted by Crippen LogP contribution is 2.14. The Morgan fingerprint density at radius 3 is 2.75 bits per heavy atom. The minimum absolute atomic E-state index is 0. The number of aromatic nitrogens is 2. The molecule has 126 valence electrons. The summed E-state index contributed by atoms with van der Waals surface area (Å²) in [6.45, 7) is 1.40. The van der Waals surface area contributed by atoms with E-state index in [1.807, 2.05) is 30.3 Å². The summed E-state index contributed by atoms with van der Waals surface area (Å²) in [5.41, 5.74) is 9.28. The summed E-state index contributed by atoms with van der Waals surface area (Å²) < 4.78 is 0. The van der Waals surface area contributed by atoms with Gasteiger partial charge in [-0.1, -0.05) is 24.3 Å². The lowest BCUT2D eigenvalue weighted by molar-refractivity contribution is 0.828. The van der Waals surface area contributed by atoms with Crippen LogP contribution >= 0.6 is 24.0 Å². The van der Waals surface area contributed by atoms with Crippen LogP contribution in [0.15, 0.2) is 59.7 Å². The third kappa shape index (κ3) is 5.23. The van der Waals surface area contributed by atoms with E-state index in [2.05, 4.69) is 38.5 Å². The number of aliphatic imine (C=N–C) groups is 1. The Hall–Kier alpha value is -2.09. The van der Waals surface area contributed by atoms with E-state index in [4.69, 9.17) is 5.73 Å². The van der Waals surface area contributed by atoms with Crippen molar-refractivity contribution in [3.8, 4) is 0 Å². The Bertz CT molecular complexity index is 749. The number of H-pyrrole nitrogens is 1. The Morgan fingerprint density at radius 1 is 1.12 bits per heavy atom. The molecule has 0 amide bonds. The van der Waals surface area contributed by atoms with E-state index >= 15 is 0 Å². The van der Waals surface area contributed by atoms with E-state index in [9.17, 15) is 0 Å². The molecule has 1 aromatic carbocycles. The van der Waals surface area contributed by atoms with Crippen LogP contribution in [0, 0.1) is 0 Å². The molecule has 3 rings (SSSR count). The van der Waals surface area contributed by atoms with E-state index in [0.717, 1.165) is 25.1 Å². The fourth-order valence-electron chi connectivity index (χ4n) is 2.49. The number of hydrogen-bond donors (Lipinski definition) is 3. The van der Waals surface area contributed by atoms with Crippen molar-refractivity contribution in [2.24, 2.45) is 10.7 Å². The zero-order chi connectivity index (χ0) is 15.9. The van der Waals surface area contributed by atoms with Gasteiger partial charge in [-0.2, -0.15) is 0 Å². The smallest absolute Gasteiger partial charge is 0.188 e. The molecule has 6 heteroatoms. The number of fused-ring (bicyclic) bond motifs is 1. The number of halogens is 1. The van der Waals surface area contributed by atoms with Gasteiger partial charge in [0.2, 0.25) is 0 Å². The van der Waals surface area contributed by atoms with Crippen LogP contribution in [0.25, 0.3) is 10.9 Å². The number of nitrogens with one attached hydrogen (secondary N) is 2. The number of guanidine groups is 1. The number of pyridine rings is 1. The fourth-order valence-corrected chi connectivity index (χ4v) is 2.49. The first kappa shape index (κ1) is 18.3. The lowest BCUT2D eigenvalue weighted by Crippen LogP contribution is -2.33. The molecule has 0 radical (unpaired) electrons. The van der Waals surface area contributed by atoms with Gasteiger partial charge in [0.25, 0.3) is 0 Å². The maximum absolute atomic E-state index is 5.89. The van der Waals surface area contributed by atoms with Crippen molar-refractivity contribution in [2.45, 2.75) is 12.8 Å². The topological polar surface area (TPSA) is 79.1 Å². The average molecular weight is 435 g/mol. The maximum atomic E-state index is 5.89. The first-order chi connectivity index (χ1) is 11.3. The Balaban J connectivity index is 0.00000208. The minimum Gasteiger partial charge on any atom is -0.370 e. The molecule has 0 fully saturated rings. The van der Waals surface area contributed by atoms with E-state index in [-0.39, 0.29) is 24.0 Å². The van der Waals surface area contributed by atoms with Gasteiger partial charge in [0.1, 0.15) is 0 Å². The summed E-state index contributed by atoms with van der Waals surface area (Å²) in [6, 6.07) is 16.3. The largest absolute Gasteiger partial charge is 0.370 e. The first-order valence-electron chi connectivity index (χ1n) is 7.81. The molecule has 5 nitrogen and oxygen atoms in total. The lowest BCUT2D eigenvalue weighted by Gasteiger charge is -2.04. The summed E-state index contributed by atoms with van der Waals surface area (Å²) in [7, 11) is 0. The number of nitrogens with two attached hydrogens (primary N) is 1. The van der Waals surface area contributed by atoms with Crippen molar-refractivity contribution in [3.05, 3.63) is 66.1 Å². The van der Waals surface area contributed by atoms with E-state index in [1.54, 1.807) is 6.20 Å². The monoisotopic (exact) mass is 435 g/mol. The normalized spacial score (nSPS) is 11.2. The summed E-state index contributed by atoms with van der Waals surface area (Å²) in [5, 5.41) is 4.38. The van der Waals surface area contributed by atoms with Gasteiger partial charge in [-0.15, -0.1) is 24.0 Å². The summed E-state index contributed by atoms with van der Waals surface area (Å²) >= 11 is 0. The van der Waals surface area contributed by atoms with E-state index in [1.165, 1.54) is 16.6 Å². The third-order valence-electron chi connectivity index (χ3n) is 3.66. The van der Waals surface area contributed by atoms with Crippen LogP contribution in [-0.4, -0.2) is 29.0 Å². The molecule has 0 unspecified atom stereocenters. The van der Waals surface area contributed by atoms with Gasteiger partial charge < -0.3 is 16.0 Å². The standard InChI is InChI=1S/C18H21N5.HI/c19-18(21-11-8-15-6-3-4-10-20-15)22-12-9-16-13-14-5-1-2-7-17(14)23-16;/h1-7,10,13,23H,8-9,11-12H2,(H3,19,21,22);1H. The number of hydrogen-bond acceptors (Lipinski definition) is 2. The van der Waals surface area contributed by atoms with Gasteiger partial charge in [0, 0.05) is 49.0 Å². The molecule has 0 spiro atoms. The van der Waals surface area contributed by atoms with Crippen LogP contribution in [0.2, 0.25) is 0 Å². The molecule has 0 aliphatic heterocycles. The Labute approximate surface area is 158 Å². The average Bonchev–Trinajstić information content (AvgIpc) is 2.98. The quantitative estimate of drug-likeness (QED) is 0.317. The number of para-hydroxylation sites is 1. The zero-order valence-corrected chi connectivity index (χ0v) is 15.7. The molecule has 0 aliphatic carbocycles. The van der Waals surface area contributed by atoms with Crippen molar-refractivity contribution >= 4 is 40.8 Å². The maximum Gasteiger partial charge on any atom is 0.188 e. The van der Waals surface area contributed by atoms with Crippen molar-refractivity contribution in [1.82, 2.24) is 15.3 Å². The zero-order valence-electron chi connectivity index (χ0n) is 13.4. The van der Waals surface area contributed by atoms with Gasteiger partial charge in [-0.05, 0) is 29.7 Å². The first-order valence-corrected chi connectivity index (χ1v) is 7.81. The number of nitrogens with zero attached hydrogens (tertiary/aromatic N) is 2. The summed E-state index contributed by atoms with van der Waals surface area (Å²) in [5.74, 6) is 0.483. The SMILES string of the molecule is I.NC(=NCCc1ccccn1)NCCc1cc2ccccc2[nH]1. The van der Waals surface area contributed by atoms with Crippen molar-refractivity contribution in [2.75, 3.05) is 13.1 Å². The van der Waals surface area contributed by atoms with Crippen LogP contribution in [0.4, 0.5) is 0 Å². The van der Waals surface area contributed by atoms with Crippen LogP contribution < -0.4 is 11.1 Å². The number of benzene rings is 1. The predicted molar refractivity (Wildman–Crippen MR) is 110 cm³/mol. The Kier molecular flexibility index (Phi) is 7.05. The Morgan fingerprint density at radius 2 is 1.96 bits per heavy atom. The summed E-state index contributed by atoms with van der Waals surface area (Å²) in [6.07, 6.45) is 3.47. The molecule has 0 saturated heterocycles. The molecule has 3 aromatic rings. The van der Waals surface area contributed by atoms with Gasteiger partial charge in [0.15, 0.2) is 5.96 Å². The van der Waals surface area contributed by atoms with Gasteiger partial charge in [-0.3, -0.25) is 9.98 Å². The van der Waals surface area contributed by atoms with Gasteiger partial charge in [0.05, 0.1) is 0 Å². The molecule has 2 aromatic heterocycles. The molecule has 24 heavy (non-hydrogen) atoms. The minimum atomic E-state index is 0. The van der Waals surface area contributed by atoms with Gasteiger partial charge in [-0.25, -0.2) is 0 Å². The number of aromatic amines is 1. The lowest BCUT2D eigenvalue weighted by atomic mass is 10.2. The van der Waals surface area contributed by atoms with Crippen LogP contribution in [0.1, 0.15) is 11.4 Å². The van der Waals surface area contributed by atoms with Crippen molar-refractivity contribution in [1.29, 1.82) is 0 Å². The molecule has 0 saturated carbocycles. The third-order valence-corrected chi connectivity index (χ3v) is 3.66. The summed E-state index contributed by atoms with van der Waals surface area (Å²) in [4.78, 5) is 12.0. The van der Waals surface area contributed by atoms with E-state index < -0.39 is 0 Å². The molecule has 4 N–H and O–H groups in total. The molecular formula is C18H22IN5. The fraction of sp³-hybridized carbons (Fsp3) is 0.222. The number of rotatable bonds is 6. The second kappa shape index (κ2) is 9.27. The van der Waals surface area contributed by atoms with Crippen molar-refractivity contribution < 1.29 is 0 Å². The highest BCUT2D eigenvalue weighted by molar-refractivity contribution is 14.0. The van der Waals surface area contributed by atoms with Crippen LogP contribution in [0.5, 0.6) is 0 Å². The highest BCUT2D eigenvalue weighted by atomic mass is 127.